The van der Waals surface area contributed by atoms with E-state index in [1.165, 1.54) is 4.31 Å². The minimum atomic E-state index is -4.06. The molecule has 6 rings (SSSR count). The Morgan fingerprint density at radius 1 is 0.810 bits per heavy atom. The predicted octanol–water partition coefficient (Wildman–Crippen LogP) is 5.81. The average molecular weight is 828 g/mol. The molecule has 3 aliphatic heterocycles. The normalized spacial score (nSPS) is 30.7. The van der Waals surface area contributed by atoms with E-state index in [2.05, 4.69) is 35.4 Å². The quantitative estimate of drug-likeness (QED) is 0.208. The van der Waals surface area contributed by atoms with Gasteiger partial charge in [-0.15, -0.1) is 6.58 Å². The van der Waals surface area contributed by atoms with Crippen LogP contribution < -0.4 is 10.0 Å². The van der Waals surface area contributed by atoms with Crippen LogP contribution >= 0.6 is 0 Å². The van der Waals surface area contributed by atoms with Crippen molar-refractivity contribution in [2.75, 3.05) is 32.7 Å². The van der Waals surface area contributed by atoms with E-state index in [4.69, 9.17) is 0 Å². The first kappa shape index (κ1) is 44.9. The summed E-state index contributed by atoms with van der Waals surface area (Å²) in [5, 5.41) is 3.13. The molecule has 3 heterocycles. The number of piperidine rings is 1. The number of nitrogens with zero attached hydrogens (tertiary/aromatic N) is 3. The fraction of sp³-hybridized carbons (Fsp3) is 0.844. The van der Waals surface area contributed by atoms with Crippen LogP contribution in [0.15, 0.2) is 12.7 Å². The summed E-state index contributed by atoms with van der Waals surface area (Å²) < 4.78 is 30.0. The van der Waals surface area contributed by atoms with Gasteiger partial charge in [0, 0.05) is 43.8 Å². The van der Waals surface area contributed by atoms with E-state index in [1.54, 1.807) is 11.0 Å². The molecule has 3 saturated heterocycles. The standard InChI is InChI=1S/C45H73N5O7S/c1-12-30-26-43(30,38(55)47-58(56,57)49-23-16-17-24-49)28-34(52)32-27-45(42(10,11)44(45)19-18-20-44)29-50(32)36(53)31(39(2,3)4)25-33(51)35(40(5,6)7)46-37(54)41(8,9)48-21-14-13-15-22-48/h12,30-32,35H,1,13-29H2,2-11H3,(H,46,54)(H,47,55)/t30-,31-,32+,35-,43-,45-/m1/s1. The number of likely N-dealkylation sites (tertiary alicyclic amines) is 2. The van der Waals surface area contributed by atoms with E-state index >= 15 is 4.79 Å². The maximum Gasteiger partial charge on any atom is 0.303 e. The summed E-state index contributed by atoms with van der Waals surface area (Å²) in [7, 11) is -4.06. The highest BCUT2D eigenvalue weighted by Crippen LogP contribution is 2.88. The number of allylic oxidation sites excluding steroid dienone is 1. The molecule has 2 spiro atoms. The topological polar surface area (TPSA) is 153 Å². The Balaban J connectivity index is 1.27. The molecule has 58 heavy (non-hydrogen) atoms. The molecule has 0 aromatic carbocycles. The summed E-state index contributed by atoms with van der Waals surface area (Å²) in [6.07, 6.45) is 9.90. The molecule has 6 fully saturated rings. The Morgan fingerprint density at radius 3 is 1.88 bits per heavy atom. The third-order valence-corrected chi connectivity index (χ3v) is 17.9. The molecule has 3 aliphatic carbocycles. The summed E-state index contributed by atoms with van der Waals surface area (Å²) >= 11 is 0. The van der Waals surface area contributed by atoms with Gasteiger partial charge in [-0.05, 0) is 106 Å². The molecule has 0 unspecified atom stereocenters. The van der Waals surface area contributed by atoms with E-state index in [-0.39, 0.29) is 58.4 Å². The van der Waals surface area contributed by atoms with Crippen LogP contribution in [0.4, 0.5) is 0 Å². The van der Waals surface area contributed by atoms with Crippen molar-refractivity contribution in [2.24, 2.45) is 44.3 Å². The molecule has 0 radical (unpaired) electrons. The first-order valence-electron chi connectivity index (χ1n) is 22.1. The summed E-state index contributed by atoms with van der Waals surface area (Å²) in [6.45, 7) is 26.6. The molecule has 0 bridgehead atoms. The van der Waals surface area contributed by atoms with Crippen LogP contribution in [0.1, 0.15) is 146 Å². The number of hydrogen-bond donors (Lipinski definition) is 2. The maximum atomic E-state index is 15.3. The number of rotatable bonds is 14. The molecular weight excluding hydrogens is 755 g/mol. The van der Waals surface area contributed by atoms with Crippen molar-refractivity contribution in [1.82, 2.24) is 24.1 Å². The second-order valence-corrected chi connectivity index (χ2v) is 23.9. The van der Waals surface area contributed by atoms with Gasteiger partial charge in [-0.3, -0.25) is 28.9 Å². The van der Waals surface area contributed by atoms with E-state index in [0.717, 1.165) is 64.5 Å². The van der Waals surface area contributed by atoms with Crippen LogP contribution in [0.2, 0.25) is 0 Å². The van der Waals surface area contributed by atoms with Crippen molar-refractivity contribution >= 4 is 39.5 Å². The van der Waals surface area contributed by atoms with Gasteiger partial charge in [0.25, 0.3) is 0 Å². The highest BCUT2D eigenvalue weighted by Gasteiger charge is 2.85. The number of amides is 3. The maximum absolute atomic E-state index is 15.3. The fourth-order valence-corrected chi connectivity index (χ4v) is 13.2. The van der Waals surface area contributed by atoms with E-state index in [0.29, 0.717) is 32.5 Å². The largest absolute Gasteiger partial charge is 0.344 e. The number of carbonyl (C=O) groups is 5. The van der Waals surface area contributed by atoms with Crippen LogP contribution in [0, 0.1) is 44.3 Å². The zero-order valence-electron chi connectivity index (χ0n) is 37.2. The Kier molecular flexibility index (Phi) is 11.7. The minimum absolute atomic E-state index is 0.0193. The number of fused-ring (bicyclic) bond motifs is 1. The molecule has 6 aliphatic rings. The van der Waals surface area contributed by atoms with Crippen molar-refractivity contribution in [1.29, 1.82) is 0 Å². The number of ketones is 2. The van der Waals surface area contributed by atoms with Crippen molar-refractivity contribution in [2.45, 2.75) is 164 Å². The lowest BCUT2D eigenvalue weighted by Gasteiger charge is -2.42. The number of Topliss-reactive ketones (excluding diaryl/α,β-unsaturated/α-hetero) is 2. The van der Waals surface area contributed by atoms with Gasteiger partial charge in [0.15, 0.2) is 11.6 Å². The second kappa shape index (κ2) is 15.1. The highest BCUT2D eigenvalue weighted by atomic mass is 32.2. The van der Waals surface area contributed by atoms with Crippen molar-refractivity contribution in [3.63, 3.8) is 0 Å². The van der Waals surface area contributed by atoms with Crippen molar-refractivity contribution < 1.29 is 32.4 Å². The minimum Gasteiger partial charge on any atom is -0.344 e. The fourth-order valence-electron chi connectivity index (χ4n) is 11.9. The van der Waals surface area contributed by atoms with Gasteiger partial charge in [-0.1, -0.05) is 74.3 Å². The van der Waals surface area contributed by atoms with Crippen LogP contribution in [-0.2, 0) is 34.2 Å². The molecule has 2 N–H and O–H groups in total. The zero-order chi connectivity index (χ0) is 43.1. The average Bonchev–Trinajstić information content (AvgIpc) is 3.58. The van der Waals surface area contributed by atoms with Gasteiger partial charge < -0.3 is 10.2 Å². The first-order chi connectivity index (χ1) is 26.7. The van der Waals surface area contributed by atoms with Crippen LogP contribution in [-0.4, -0.2) is 102 Å². The van der Waals surface area contributed by atoms with E-state index in [1.807, 2.05) is 55.4 Å². The molecular formula is C45H73N5O7S. The number of nitrogens with one attached hydrogen (secondary N) is 2. The highest BCUT2D eigenvalue weighted by molar-refractivity contribution is 7.87. The molecule has 326 valence electrons. The van der Waals surface area contributed by atoms with Crippen LogP contribution in [0.25, 0.3) is 0 Å². The number of carbonyl (C=O) groups excluding carboxylic acids is 5. The molecule has 3 saturated carbocycles. The zero-order valence-corrected chi connectivity index (χ0v) is 38.0. The molecule has 0 aromatic rings. The summed E-state index contributed by atoms with van der Waals surface area (Å²) in [4.78, 5) is 76.5. The lowest BCUT2D eigenvalue weighted by Crippen LogP contribution is -2.61. The molecule has 6 atom stereocenters. The van der Waals surface area contributed by atoms with Gasteiger partial charge >= 0.3 is 10.2 Å². The Hall–Kier alpha value is -2.64. The Bertz CT molecular complexity index is 1790. The second-order valence-electron chi connectivity index (χ2n) is 22.2. The van der Waals surface area contributed by atoms with Gasteiger partial charge in [-0.25, -0.2) is 4.72 Å². The third-order valence-electron chi connectivity index (χ3n) is 16.4. The summed E-state index contributed by atoms with van der Waals surface area (Å²) in [5.74, 6) is -2.78. The summed E-state index contributed by atoms with van der Waals surface area (Å²) in [6, 6.07) is -1.66. The molecule has 3 amide bonds. The van der Waals surface area contributed by atoms with Crippen LogP contribution in [0.5, 0.6) is 0 Å². The van der Waals surface area contributed by atoms with Crippen molar-refractivity contribution in [3.8, 4) is 0 Å². The molecule has 13 heteroatoms. The van der Waals surface area contributed by atoms with E-state index < -0.39 is 55.9 Å². The number of hydrogen-bond acceptors (Lipinski definition) is 8. The van der Waals surface area contributed by atoms with Gasteiger partial charge in [0.2, 0.25) is 17.7 Å². The SMILES string of the molecule is C=C[C@@H]1C[C@]1(CC(=O)[C@@H]1C[C@@]2(CN1C(=O)[C@@H](CC(=O)[C@@H](NC(=O)C(C)(C)N1CCCCC1)C(C)(C)C)C(C)(C)C)C(C)(C)C21CCC1)C(=O)NS(=O)(=O)N1CCCC1. The lowest BCUT2D eigenvalue weighted by atomic mass is 9.73. The van der Waals surface area contributed by atoms with E-state index in [9.17, 15) is 27.6 Å². The predicted molar refractivity (Wildman–Crippen MR) is 224 cm³/mol. The van der Waals surface area contributed by atoms with Crippen molar-refractivity contribution in [3.05, 3.63) is 12.7 Å². The third kappa shape index (κ3) is 7.43. The smallest absolute Gasteiger partial charge is 0.303 e. The van der Waals surface area contributed by atoms with Gasteiger partial charge in [0.1, 0.15) is 0 Å². The lowest BCUT2D eigenvalue weighted by molar-refractivity contribution is -0.147. The van der Waals surface area contributed by atoms with Crippen LogP contribution in [0.3, 0.4) is 0 Å². The Labute approximate surface area is 348 Å². The monoisotopic (exact) mass is 828 g/mol. The Morgan fingerprint density at radius 2 is 1.40 bits per heavy atom. The summed E-state index contributed by atoms with van der Waals surface area (Å²) in [5.41, 5.74) is -3.74. The first-order valence-corrected chi connectivity index (χ1v) is 23.5. The molecule has 0 aromatic heterocycles. The molecule has 12 nitrogen and oxygen atoms in total. The van der Waals surface area contributed by atoms with Gasteiger partial charge in [0.05, 0.1) is 23.0 Å². The van der Waals surface area contributed by atoms with Gasteiger partial charge in [-0.2, -0.15) is 12.7 Å².